The van der Waals surface area contributed by atoms with Gasteiger partial charge in [0.25, 0.3) is 0 Å². The molecule has 5 heteroatoms. The summed E-state index contributed by atoms with van der Waals surface area (Å²) >= 11 is 0. The lowest BCUT2D eigenvalue weighted by Gasteiger charge is -2.02. The maximum absolute atomic E-state index is 10.3. The number of hydrogen-bond acceptors (Lipinski definition) is 3. The lowest BCUT2D eigenvalue weighted by atomic mass is 10.0. The van der Waals surface area contributed by atoms with Gasteiger partial charge in [0.05, 0.1) is 0 Å². The molecule has 0 aromatic rings. The summed E-state index contributed by atoms with van der Waals surface area (Å²) in [7, 11) is -4.37. The molecule has 0 saturated carbocycles. The van der Waals surface area contributed by atoms with Gasteiger partial charge in [0, 0.05) is 0 Å². The number of rotatable bonds is 18. The van der Waals surface area contributed by atoms with Gasteiger partial charge in [0.15, 0.2) is 0 Å². The Balaban J connectivity index is 3.19. The molecule has 148 valence electrons. The molecule has 0 radical (unpaired) electrons. The highest BCUT2D eigenvalue weighted by molar-refractivity contribution is 7.81. The zero-order chi connectivity index (χ0) is 18.6. The van der Waals surface area contributed by atoms with Gasteiger partial charge in [-0.2, -0.15) is 8.42 Å². The molecule has 25 heavy (non-hydrogen) atoms. The molecule has 4 nitrogen and oxygen atoms in total. The highest BCUT2D eigenvalue weighted by Crippen LogP contribution is 2.13. The first-order chi connectivity index (χ1) is 12.1. The Kier molecular flexibility index (Phi) is 17.4. The minimum atomic E-state index is -4.37. The maximum atomic E-state index is 10.3. The molecule has 0 aliphatic heterocycles. The van der Waals surface area contributed by atoms with Gasteiger partial charge < -0.3 is 4.18 Å². The van der Waals surface area contributed by atoms with Crippen molar-refractivity contribution < 1.29 is 17.2 Å². The molecule has 0 saturated heterocycles. The molecular formula is C20H38O4S. The van der Waals surface area contributed by atoms with Crippen molar-refractivity contribution in [3.8, 4) is 0 Å². The largest absolute Gasteiger partial charge is 0.445 e. The van der Waals surface area contributed by atoms with E-state index in [4.69, 9.17) is 4.55 Å². The van der Waals surface area contributed by atoms with Crippen LogP contribution >= 0.6 is 0 Å². The van der Waals surface area contributed by atoms with Crippen LogP contribution in [0.1, 0.15) is 103 Å². The molecule has 1 N–H and O–H groups in total. The summed E-state index contributed by atoms with van der Waals surface area (Å²) in [6.45, 7) is 2.26. The average Bonchev–Trinajstić information content (AvgIpc) is 2.56. The van der Waals surface area contributed by atoms with Crippen molar-refractivity contribution in [2.24, 2.45) is 0 Å². The van der Waals surface area contributed by atoms with Crippen molar-refractivity contribution in [2.45, 2.75) is 103 Å². The van der Waals surface area contributed by atoms with E-state index in [0.717, 1.165) is 19.1 Å². The Hall–Kier alpha value is -0.810. The molecular weight excluding hydrogens is 336 g/mol. The van der Waals surface area contributed by atoms with E-state index in [-0.39, 0.29) is 0 Å². The molecule has 0 spiro atoms. The molecule has 0 aromatic carbocycles. The fourth-order valence-electron chi connectivity index (χ4n) is 2.78. The first kappa shape index (κ1) is 24.2. The van der Waals surface area contributed by atoms with Crippen LogP contribution < -0.4 is 0 Å². The van der Waals surface area contributed by atoms with Gasteiger partial charge in [0.2, 0.25) is 0 Å². The van der Waals surface area contributed by atoms with Crippen molar-refractivity contribution in [2.75, 3.05) is 0 Å². The monoisotopic (exact) mass is 374 g/mol. The fraction of sp³-hybridized carbons (Fsp3) is 0.800. The Morgan fingerprint density at radius 1 is 0.720 bits per heavy atom. The summed E-state index contributed by atoms with van der Waals surface area (Å²) in [5.74, 6) is 0. The van der Waals surface area contributed by atoms with Crippen LogP contribution in [0.25, 0.3) is 0 Å². The van der Waals surface area contributed by atoms with Gasteiger partial charge in [-0.1, -0.05) is 103 Å². The molecule has 0 fully saturated rings. The lowest BCUT2D eigenvalue weighted by Crippen LogP contribution is -1.96. The second kappa shape index (κ2) is 18.0. The molecule has 0 rings (SSSR count). The Labute approximate surface area is 155 Å². The predicted octanol–water partition coefficient (Wildman–Crippen LogP) is 6.75. The van der Waals surface area contributed by atoms with Crippen molar-refractivity contribution in [1.82, 2.24) is 0 Å². The third-order valence-electron chi connectivity index (χ3n) is 4.23. The van der Waals surface area contributed by atoms with E-state index in [1.165, 1.54) is 89.5 Å². The third kappa shape index (κ3) is 23.2. The topological polar surface area (TPSA) is 63.6 Å². The quantitative estimate of drug-likeness (QED) is 0.125. The zero-order valence-corrected chi connectivity index (χ0v) is 16.8. The van der Waals surface area contributed by atoms with Gasteiger partial charge in [-0.25, -0.2) is 0 Å². The molecule has 0 heterocycles. The number of hydrogen-bond donors (Lipinski definition) is 1. The second-order valence-corrected chi connectivity index (χ2v) is 7.71. The van der Waals surface area contributed by atoms with Crippen molar-refractivity contribution in [1.29, 1.82) is 0 Å². The summed E-state index contributed by atoms with van der Waals surface area (Å²) in [5.41, 5.74) is 0. The first-order valence-electron chi connectivity index (χ1n) is 10.0. The predicted molar refractivity (Wildman–Crippen MR) is 106 cm³/mol. The first-order valence-corrected chi connectivity index (χ1v) is 11.4. The van der Waals surface area contributed by atoms with E-state index in [0.29, 0.717) is 0 Å². The maximum Gasteiger partial charge on any atom is 0.445 e. The van der Waals surface area contributed by atoms with Gasteiger partial charge in [-0.15, -0.1) is 0 Å². The Bertz CT molecular complexity index is 427. The normalized spacial score (nSPS) is 12.4. The van der Waals surface area contributed by atoms with E-state index < -0.39 is 10.4 Å². The standard InChI is InChI=1S/C20H38O4S/c1-2-3-4-5-6-7-8-9-10-11-12-13-14-15-16-17-18-19-20-24-25(21,22)23/h17-20H,2-16H2,1H3,(H,21,22,23)/b18-17+,20-19+. The van der Waals surface area contributed by atoms with Gasteiger partial charge >= 0.3 is 10.4 Å². The minimum Gasteiger partial charge on any atom is -0.370 e. The van der Waals surface area contributed by atoms with Gasteiger partial charge in [-0.3, -0.25) is 4.55 Å². The molecule has 0 aliphatic carbocycles. The molecule has 0 amide bonds. The highest BCUT2D eigenvalue weighted by Gasteiger charge is 1.97. The Morgan fingerprint density at radius 2 is 1.16 bits per heavy atom. The van der Waals surface area contributed by atoms with Crippen LogP contribution in [0.3, 0.4) is 0 Å². The van der Waals surface area contributed by atoms with E-state index in [1.54, 1.807) is 6.08 Å². The van der Waals surface area contributed by atoms with Crippen LogP contribution in [0.2, 0.25) is 0 Å². The molecule has 0 aliphatic rings. The van der Waals surface area contributed by atoms with Crippen LogP contribution in [0.5, 0.6) is 0 Å². The van der Waals surface area contributed by atoms with Crippen LogP contribution in [0.15, 0.2) is 24.5 Å². The minimum absolute atomic E-state index is 0.955. The van der Waals surface area contributed by atoms with E-state index in [1.807, 2.05) is 6.08 Å². The average molecular weight is 375 g/mol. The Morgan fingerprint density at radius 3 is 1.60 bits per heavy atom. The molecule has 0 atom stereocenters. The highest BCUT2D eigenvalue weighted by atomic mass is 32.3. The molecule has 0 aromatic heterocycles. The molecule has 0 unspecified atom stereocenters. The van der Waals surface area contributed by atoms with Crippen molar-refractivity contribution in [3.05, 3.63) is 24.5 Å². The number of unbranched alkanes of at least 4 members (excludes halogenated alkanes) is 14. The number of allylic oxidation sites excluding steroid dienone is 3. The van der Waals surface area contributed by atoms with E-state index in [2.05, 4.69) is 11.1 Å². The summed E-state index contributed by atoms with van der Waals surface area (Å²) < 4.78 is 32.9. The zero-order valence-electron chi connectivity index (χ0n) is 16.0. The van der Waals surface area contributed by atoms with E-state index >= 15 is 0 Å². The van der Waals surface area contributed by atoms with Crippen molar-refractivity contribution >= 4 is 10.4 Å². The SMILES string of the molecule is CCCCCCCCCCCCCCCC/C=C/C=C/OS(=O)(=O)O. The van der Waals surface area contributed by atoms with Gasteiger partial charge in [0.1, 0.15) is 6.26 Å². The molecule has 0 bridgehead atoms. The van der Waals surface area contributed by atoms with E-state index in [9.17, 15) is 8.42 Å². The second-order valence-electron chi connectivity index (χ2n) is 6.67. The summed E-state index contributed by atoms with van der Waals surface area (Å²) in [6.07, 6.45) is 26.1. The lowest BCUT2D eigenvalue weighted by molar-refractivity contribution is 0.356. The smallest absolute Gasteiger partial charge is 0.370 e. The van der Waals surface area contributed by atoms with Gasteiger partial charge in [-0.05, 0) is 18.9 Å². The van der Waals surface area contributed by atoms with Crippen LogP contribution in [-0.2, 0) is 14.6 Å². The van der Waals surface area contributed by atoms with Crippen molar-refractivity contribution in [3.63, 3.8) is 0 Å². The summed E-state index contributed by atoms with van der Waals surface area (Å²) in [5, 5.41) is 0. The third-order valence-corrected chi connectivity index (χ3v) is 4.58. The van der Waals surface area contributed by atoms with Crippen LogP contribution in [0, 0.1) is 0 Å². The fourth-order valence-corrected chi connectivity index (χ4v) is 2.98. The van der Waals surface area contributed by atoms with Crippen LogP contribution in [0.4, 0.5) is 0 Å². The summed E-state index contributed by atoms with van der Waals surface area (Å²) in [4.78, 5) is 0. The summed E-state index contributed by atoms with van der Waals surface area (Å²) in [6, 6.07) is 0. The van der Waals surface area contributed by atoms with Crippen LogP contribution in [-0.4, -0.2) is 13.0 Å².